The quantitative estimate of drug-likeness (QED) is 0.727. The molecule has 1 heterocycles. The summed E-state index contributed by atoms with van der Waals surface area (Å²) in [5.41, 5.74) is -3.82. The molecule has 1 aromatic carbocycles. The molecule has 1 atom stereocenters. The molecule has 140 valence electrons. The standard InChI is InChI=1S/C17H17ClF3N3OS/c1-24(2)14(11-6-3-4-8-13(11)18)10-23-15(25)12-7-5-9-22-16(12)26-17(19,20)21/h3-9,14H,10H2,1-2H3,(H,23,25). The Morgan fingerprint density at radius 2 is 1.96 bits per heavy atom. The van der Waals surface area contributed by atoms with Crippen LogP contribution in [0.2, 0.25) is 5.02 Å². The van der Waals surface area contributed by atoms with Crippen molar-refractivity contribution in [1.82, 2.24) is 15.2 Å². The average Bonchev–Trinajstić information content (AvgIpc) is 2.55. The Bertz CT molecular complexity index is 771. The van der Waals surface area contributed by atoms with Gasteiger partial charge in [-0.05, 0) is 37.9 Å². The van der Waals surface area contributed by atoms with Gasteiger partial charge in [0.15, 0.2) is 0 Å². The Morgan fingerprint density at radius 1 is 1.27 bits per heavy atom. The molecule has 0 aliphatic carbocycles. The first-order valence-corrected chi connectivity index (χ1v) is 8.78. The van der Waals surface area contributed by atoms with E-state index in [0.29, 0.717) is 5.02 Å². The van der Waals surface area contributed by atoms with E-state index in [9.17, 15) is 18.0 Å². The summed E-state index contributed by atoms with van der Waals surface area (Å²) in [4.78, 5) is 18.0. The van der Waals surface area contributed by atoms with Gasteiger partial charge >= 0.3 is 5.51 Å². The number of carbonyl (C=O) groups excluding carboxylic acids is 1. The minimum absolute atomic E-state index is 0.119. The molecule has 2 rings (SSSR count). The molecule has 2 aromatic rings. The number of alkyl halides is 3. The lowest BCUT2D eigenvalue weighted by Gasteiger charge is -2.26. The number of nitrogens with zero attached hydrogens (tertiary/aromatic N) is 2. The van der Waals surface area contributed by atoms with Crippen LogP contribution in [-0.4, -0.2) is 41.9 Å². The van der Waals surface area contributed by atoms with E-state index in [1.807, 2.05) is 31.1 Å². The first-order chi connectivity index (χ1) is 12.2. The van der Waals surface area contributed by atoms with Crippen LogP contribution in [0.3, 0.4) is 0 Å². The van der Waals surface area contributed by atoms with E-state index in [-0.39, 0.29) is 23.2 Å². The van der Waals surface area contributed by atoms with Gasteiger partial charge < -0.3 is 10.2 Å². The molecule has 0 aliphatic rings. The van der Waals surface area contributed by atoms with E-state index in [4.69, 9.17) is 11.6 Å². The number of likely N-dealkylation sites (N-methyl/N-ethyl adjacent to an activating group) is 1. The SMILES string of the molecule is CN(C)C(CNC(=O)c1cccnc1SC(F)(F)F)c1ccccc1Cl. The van der Waals surface area contributed by atoms with Gasteiger partial charge in [-0.3, -0.25) is 4.79 Å². The van der Waals surface area contributed by atoms with Gasteiger partial charge in [0.05, 0.1) is 11.6 Å². The monoisotopic (exact) mass is 403 g/mol. The zero-order chi connectivity index (χ0) is 19.3. The second kappa shape index (κ2) is 8.75. The number of carbonyl (C=O) groups is 1. The normalized spacial score (nSPS) is 12.9. The summed E-state index contributed by atoms with van der Waals surface area (Å²) in [7, 11) is 3.66. The number of hydrogen-bond donors (Lipinski definition) is 1. The van der Waals surface area contributed by atoms with Crippen molar-refractivity contribution in [3.8, 4) is 0 Å². The van der Waals surface area contributed by atoms with Crippen molar-refractivity contribution in [3.63, 3.8) is 0 Å². The first kappa shape index (κ1) is 20.5. The molecule has 0 bridgehead atoms. The Balaban J connectivity index is 2.16. The number of halogens is 4. The number of nitrogens with one attached hydrogen (secondary N) is 1. The van der Waals surface area contributed by atoms with Crippen molar-refractivity contribution in [3.05, 3.63) is 58.7 Å². The summed E-state index contributed by atoms with van der Waals surface area (Å²) in [6.07, 6.45) is 1.22. The van der Waals surface area contributed by atoms with Crippen molar-refractivity contribution in [2.75, 3.05) is 20.6 Å². The molecule has 1 N–H and O–H groups in total. The molecular formula is C17H17ClF3N3OS. The number of amides is 1. The van der Waals surface area contributed by atoms with Crippen LogP contribution < -0.4 is 5.32 Å². The molecule has 1 aromatic heterocycles. The molecule has 26 heavy (non-hydrogen) atoms. The van der Waals surface area contributed by atoms with Crippen molar-refractivity contribution in [1.29, 1.82) is 0 Å². The summed E-state index contributed by atoms with van der Waals surface area (Å²) < 4.78 is 37.9. The zero-order valence-corrected chi connectivity index (χ0v) is 15.6. The lowest BCUT2D eigenvalue weighted by atomic mass is 10.1. The summed E-state index contributed by atoms with van der Waals surface area (Å²) in [6.45, 7) is 0.181. The zero-order valence-electron chi connectivity index (χ0n) is 14.0. The van der Waals surface area contributed by atoms with Crippen LogP contribution in [0.25, 0.3) is 0 Å². The van der Waals surface area contributed by atoms with Crippen molar-refractivity contribution < 1.29 is 18.0 Å². The highest BCUT2D eigenvalue weighted by atomic mass is 35.5. The molecule has 1 amide bonds. The topological polar surface area (TPSA) is 45.2 Å². The Labute approximate surface area is 158 Å². The molecule has 0 fully saturated rings. The third-order valence-electron chi connectivity index (χ3n) is 3.57. The predicted octanol–water partition coefficient (Wildman–Crippen LogP) is 4.38. The van der Waals surface area contributed by atoms with Crippen LogP contribution in [0, 0.1) is 0 Å². The summed E-state index contributed by atoms with van der Waals surface area (Å²) in [5, 5.41) is 2.85. The minimum atomic E-state index is -4.52. The largest absolute Gasteiger partial charge is 0.447 e. The first-order valence-electron chi connectivity index (χ1n) is 7.59. The average molecular weight is 404 g/mol. The molecule has 0 aliphatic heterocycles. The molecule has 1 unspecified atom stereocenters. The third kappa shape index (κ3) is 5.62. The number of aromatic nitrogens is 1. The van der Waals surface area contributed by atoms with Crippen LogP contribution in [0.1, 0.15) is 22.0 Å². The van der Waals surface area contributed by atoms with Crippen LogP contribution in [-0.2, 0) is 0 Å². The number of pyridine rings is 1. The number of thioether (sulfide) groups is 1. The minimum Gasteiger partial charge on any atom is -0.350 e. The highest BCUT2D eigenvalue weighted by Crippen LogP contribution is 2.37. The van der Waals surface area contributed by atoms with E-state index in [1.165, 1.54) is 18.3 Å². The third-order valence-corrected chi connectivity index (χ3v) is 4.67. The molecule has 0 spiro atoms. The Kier molecular flexibility index (Phi) is 6.91. The van der Waals surface area contributed by atoms with Gasteiger partial charge in [-0.2, -0.15) is 13.2 Å². The summed E-state index contributed by atoms with van der Waals surface area (Å²) in [5.74, 6) is -0.622. The van der Waals surface area contributed by atoms with Crippen molar-refractivity contribution in [2.24, 2.45) is 0 Å². The van der Waals surface area contributed by atoms with Gasteiger partial charge in [0.25, 0.3) is 5.91 Å². The Hall–Kier alpha value is -1.77. The van der Waals surface area contributed by atoms with Gasteiger partial charge in [-0.15, -0.1) is 0 Å². The molecular weight excluding hydrogens is 387 g/mol. The van der Waals surface area contributed by atoms with E-state index in [0.717, 1.165) is 5.56 Å². The molecule has 9 heteroatoms. The van der Waals surface area contributed by atoms with Crippen LogP contribution in [0.5, 0.6) is 0 Å². The van der Waals surface area contributed by atoms with Gasteiger partial charge in [-0.25, -0.2) is 4.98 Å². The molecule has 4 nitrogen and oxygen atoms in total. The van der Waals surface area contributed by atoms with Gasteiger partial charge in [0.2, 0.25) is 0 Å². The fourth-order valence-corrected chi connectivity index (χ4v) is 3.22. The fraction of sp³-hybridized carbons (Fsp3) is 0.294. The second-order valence-corrected chi connectivity index (χ2v) is 7.08. The summed E-state index contributed by atoms with van der Waals surface area (Å²) in [6, 6.07) is 9.72. The second-order valence-electron chi connectivity index (χ2n) is 5.61. The maximum atomic E-state index is 12.6. The molecule has 0 radical (unpaired) electrons. The lowest BCUT2D eigenvalue weighted by molar-refractivity contribution is -0.0329. The maximum absolute atomic E-state index is 12.6. The van der Waals surface area contributed by atoms with Gasteiger partial charge in [0, 0.05) is 29.5 Å². The number of hydrogen-bond acceptors (Lipinski definition) is 4. The van der Waals surface area contributed by atoms with E-state index >= 15 is 0 Å². The Morgan fingerprint density at radius 3 is 2.58 bits per heavy atom. The van der Waals surface area contributed by atoms with Gasteiger partial charge in [-0.1, -0.05) is 29.8 Å². The summed E-state index contributed by atoms with van der Waals surface area (Å²) >= 11 is 5.81. The lowest BCUT2D eigenvalue weighted by Crippen LogP contribution is -2.35. The maximum Gasteiger partial charge on any atom is 0.447 e. The highest BCUT2D eigenvalue weighted by molar-refractivity contribution is 8.00. The number of rotatable bonds is 6. The van der Waals surface area contributed by atoms with Gasteiger partial charge in [0.1, 0.15) is 5.03 Å². The molecule has 0 saturated carbocycles. The van der Waals surface area contributed by atoms with Crippen LogP contribution in [0.4, 0.5) is 13.2 Å². The van der Waals surface area contributed by atoms with Crippen LogP contribution >= 0.6 is 23.4 Å². The predicted molar refractivity (Wildman–Crippen MR) is 96.4 cm³/mol. The van der Waals surface area contributed by atoms with Crippen LogP contribution in [0.15, 0.2) is 47.6 Å². The van der Waals surface area contributed by atoms with Crippen molar-refractivity contribution in [2.45, 2.75) is 16.6 Å². The van der Waals surface area contributed by atoms with E-state index in [2.05, 4.69) is 10.3 Å². The van der Waals surface area contributed by atoms with Crippen molar-refractivity contribution >= 4 is 29.3 Å². The highest BCUT2D eigenvalue weighted by Gasteiger charge is 2.32. The smallest absolute Gasteiger partial charge is 0.350 e. The van der Waals surface area contributed by atoms with E-state index < -0.39 is 23.2 Å². The van der Waals surface area contributed by atoms with E-state index in [1.54, 1.807) is 12.1 Å². The number of benzene rings is 1. The molecule has 0 saturated heterocycles. The fourth-order valence-electron chi connectivity index (χ4n) is 2.36.